The summed E-state index contributed by atoms with van der Waals surface area (Å²) in [6, 6.07) is -1.91. The minimum Gasteiger partial charge on any atom is -0.480 e. The van der Waals surface area contributed by atoms with E-state index in [4.69, 9.17) is 4.74 Å². The number of hydrogen-bond donors (Lipinski definition) is 2. The Bertz CT molecular complexity index is 573. The standard InChI is InChI=1S/C14H18I2N2O7/c15-3-11(20)17-5-7(19)1-10(17)14(24)25-8-2-9(13(22)23)18(6-8)12(21)4-16/h7-10,19H,1-6H2,(H,22,23)/t7-,8-,9-,10-/m0/s1. The number of alkyl halides is 2. The zero-order chi connectivity index (χ0) is 18.7. The predicted octanol–water partition coefficient (Wildman–Crippen LogP) is -0.585. The lowest BCUT2D eigenvalue weighted by Crippen LogP contribution is -2.43. The summed E-state index contributed by atoms with van der Waals surface area (Å²) < 4.78 is 5.68. The molecule has 0 spiro atoms. The van der Waals surface area contributed by atoms with E-state index in [1.165, 1.54) is 9.80 Å². The average Bonchev–Trinajstić information content (AvgIpc) is 3.17. The maximum Gasteiger partial charge on any atom is 0.329 e. The maximum atomic E-state index is 12.4. The van der Waals surface area contributed by atoms with Crippen LogP contribution in [0, 0.1) is 0 Å². The Morgan fingerprint density at radius 3 is 2.04 bits per heavy atom. The Morgan fingerprint density at radius 2 is 1.52 bits per heavy atom. The van der Waals surface area contributed by atoms with Crippen LogP contribution in [-0.4, -0.2) is 90.0 Å². The molecule has 11 heteroatoms. The van der Waals surface area contributed by atoms with Crippen LogP contribution in [-0.2, 0) is 23.9 Å². The highest BCUT2D eigenvalue weighted by Crippen LogP contribution is 2.25. The molecule has 0 aliphatic carbocycles. The minimum atomic E-state index is -1.14. The van der Waals surface area contributed by atoms with E-state index in [2.05, 4.69) is 0 Å². The molecule has 0 aromatic rings. The summed E-state index contributed by atoms with van der Waals surface area (Å²) >= 11 is 3.73. The minimum absolute atomic E-state index is 0.0129. The Balaban J connectivity index is 2.04. The van der Waals surface area contributed by atoms with Crippen molar-refractivity contribution in [3.8, 4) is 0 Å². The van der Waals surface area contributed by atoms with Crippen LogP contribution in [0.2, 0.25) is 0 Å². The quantitative estimate of drug-likeness (QED) is 0.254. The van der Waals surface area contributed by atoms with Crippen LogP contribution < -0.4 is 0 Å². The second-order valence-corrected chi connectivity index (χ2v) is 7.44. The maximum absolute atomic E-state index is 12.4. The number of carbonyl (C=O) groups excluding carboxylic acids is 3. The van der Waals surface area contributed by atoms with Crippen molar-refractivity contribution >= 4 is 68.9 Å². The first-order chi connectivity index (χ1) is 11.8. The molecule has 2 saturated heterocycles. The molecule has 2 N–H and O–H groups in total. The van der Waals surface area contributed by atoms with E-state index in [9.17, 15) is 29.4 Å². The lowest BCUT2D eigenvalue weighted by atomic mass is 10.2. The van der Waals surface area contributed by atoms with E-state index >= 15 is 0 Å². The van der Waals surface area contributed by atoms with Crippen molar-refractivity contribution in [1.82, 2.24) is 9.80 Å². The topological polar surface area (TPSA) is 124 Å². The van der Waals surface area contributed by atoms with Crippen molar-refractivity contribution in [2.45, 2.75) is 37.1 Å². The van der Waals surface area contributed by atoms with E-state index in [1.54, 1.807) is 0 Å². The van der Waals surface area contributed by atoms with Gasteiger partial charge in [0.2, 0.25) is 11.8 Å². The molecule has 0 saturated carbocycles. The number of ether oxygens (including phenoxy) is 1. The highest BCUT2D eigenvalue weighted by molar-refractivity contribution is 14.1. The smallest absolute Gasteiger partial charge is 0.329 e. The van der Waals surface area contributed by atoms with Crippen LogP contribution in [0.1, 0.15) is 12.8 Å². The highest BCUT2D eigenvalue weighted by Gasteiger charge is 2.44. The van der Waals surface area contributed by atoms with Crippen LogP contribution in [0.3, 0.4) is 0 Å². The molecule has 0 aromatic carbocycles. The van der Waals surface area contributed by atoms with Crippen molar-refractivity contribution in [3.05, 3.63) is 0 Å². The molecule has 2 aliphatic rings. The fraction of sp³-hybridized carbons (Fsp3) is 0.714. The van der Waals surface area contributed by atoms with E-state index in [1.807, 2.05) is 45.2 Å². The monoisotopic (exact) mass is 580 g/mol. The zero-order valence-electron chi connectivity index (χ0n) is 13.1. The number of hydrogen-bond acceptors (Lipinski definition) is 6. The SMILES string of the molecule is O=C(O)[C@@H]1C[C@H](OC(=O)[C@@H]2C[C@H](O)CN2C(=O)CI)CN1C(=O)CI. The molecule has 140 valence electrons. The molecule has 2 heterocycles. The molecular formula is C14H18I2N2O7. The first kappa shape index (κ1) is 20.6. The number of carbonyl (C=O) groups is 4. The summed E-state index contributed by atoms with van der Waals surface area (Å²) in [7, 11) is 0. The van der Waals surface area contributed by atoms with Gasteiger partial charge in [-0.2, -0.15) is 0 Å². The lowest BCUT2D eigenvalue weighted by molar-refractivity contribution is -0.157. The van der Waals surface area contributed by atoms with E-state index < -0.39 is 36.2 Å². The second-order valence-electron chi connectivity index (χ2n) is 5.91. The lowest BCUT2D eigenvalue weighted by Gasteiger charge is -2.23. The van der Waals surface area contributed by atoms with Gasteiger partial charge in [0.15, 0.2) is 0 Å². The number of esters is 1. The Hall–Kier alpha value is -0.700. The van der Waals surface area contributed by atoms with Crippen molar-refractivity contribution < 1.29 is 34.1 Å². The van der Waals surface area contributed by atoms with Crippen molar-refractivity contribution in [3.63, 3.8) is 0 Å². The Morgan fingerprint density at radius 1 is 0.960 bits per heavy atom. The summed E-state index contributed by atoms with van der Waals surface area (Å²) in [5.74, 6) is -2.41. The molecule has 2 aliphatic heterocycles. The molecule has 0 aromatic heterocycles. The van der Waals surface area contributed by atoms with Gasteiger partial charge in [-0.15, -0.1) is 0 Å². The normalized spacial score (nSPS) is 28.9. The van der Waals surface area contributed by atoms with Gasteiger partial charge >= 0.3 is 11.9 Å². The second kappa shape index (κ2) is 8.79. The van der Waals surface area contributed by atoms with Crippen LogP contribution in [0.4, 0.5) is 0 Å². The van der Waals surface area contributed by atoms with E-state index in [0.717, 1.165) is 0 Å². The first-order valence-corrected chi connectivity index (χ1v) is 10.7. The third kappa shape index (κ3) is 4.72. The zero-order valence-corrected chi connectivity index (χ0v) is 17.5. The highest BCUT2D eigenvalue weighted by atomic mass is 127. The van der Waals surface area contributed by atoms with Gasteiger partial charge < -0.3 is 24.7 Å². The summed E-state index contributed by atoms with van der Waals surface area (Å²) in [6.45, 7) is 0.0868. The molecule has 4 atom stereocenters. The van der Waals surface area contributed by atoms with Gasteiger partial charge in [-0.1, -0.05) is 45.2 Å². The number of aliphatic carboxylic acids is 1. The third-order valence-electron chi connectivity index (χ3n) is 4.25. The summed E-state index contributed by atoms with van der Waals surface area (Å²) in [5.41, 5.74) is 0. The van der Waals surface area contributed by atoms with Crippen LogP contribution in [0.15, 0.2) is 0 Å². The number of carboxylic acids is 1. The van der Waals surface area contributed by atoms with Gasteiger partial charge in [0, 0.05) is 19.4 Å². The Labute approximate surface area is 171 Å². The van der Waals surface area contributed by atoms with Gasteiger partial charge in [0.1, 0.15) is 18.2 Å². The van der Waals surface area contributed by atoms with Gasteiger partial charge in [-0.05, 0) is 0 Å². The number of likely N-dealkylation sites (tertiary alicyclic amines) is 2. The van der Waals surface area contributed by atoms with Crippen LogP contribution in [0.25, 0.3) is 0 Å². The van der Waals surface area contributed by atoms with Crippen LogP contribution >= 0.6 is 45.2 Å². The molecule has 9 nitrogen and oxygen atoms in total. The van der Waals surface area contributed by atoms with E-state index in [0.29, 0.717) is 0 Å². The summed E-state index contributed by atoms with van der Waals surface area (Å²) in [5, 5.41) is 19.0. The number of halogens is 2. The number of β-amino-alcohol motifs (C(OH)–C–C–N with tert-alkyl or cyclic N) is 1. The van der Waals surface area contributed by atoms with Gasteiger partial charge in [0.25, 0.3) is 0 Å². The molecule has 0 bridgehead atoms. The molecule has 0 radical (unpaired) electrons. The number of rotatable bonds is 5. The molecule has 2 rings (SSSR count). The number of aliphatic hydroxyl groups excluding tert-OH is 1. The van der Waals surface area contributed by atoms with Crippen molar-refractivity contribution in [1.29, 1.82) is 0 Å². The van der Waals surface area contributed by atoms with Crippen LogP contribution in [0.5, 0.6) is 0 Å². The fourth-order valence-electron chi connectivity index (χ4n) is 3.10. The number of amides is 2. The van der Waals surface area contributed by atoms with Gasteiger partial charge in [0.05, 0.1) is 21.5 Å². The average molecular weight is 580 g/mol. The predicted molar refractivity (Wildman–Crippen MR) is 102 cm³/mol. The number of aliphatic hydroxyl groups is 1. The number of nitrogens with zero attached hydrogens (tertiary/aromatic N) is 2. The number of carboxylic acid groups (broad SMARTS) is 1. The van der Waals surface area contributed by atoms with Crippen molar-refractivity contribution in [2.75, 3.05) is 21.9 Å². The van der Waals surface area contributed by atoms with Crippen molar-refractivity contribution in [2.24, 2.45) is 0 Å². The first-order valence-electron chi connectivity index (χ1n) is 7.60. The van der Waals surface area contributed by atoms with Gasteiger partial charge in [-0.25, -0.2) is 9.59 Å². The van der Waals surface area contributed by atoms with E-state index in [-0.39, 0.29) is 46.6 Å². The summed E-state index contributed by atoms with van der Waals surface area (Å²) in [4.78, 5) is 50.0. The third-order valence-corrected chi connectivity index (χ3v) is 5.56. The fourth-order valence-corrected chi connectivity index (χ4v) is 3.98. The molecule has 2 fully saturated rings. The Kier molecular flexibility index (Phi) is 7.25. The molecule has 2 amide bonds. The summed E-state index contributed by atoms with van der Waals surface area (Å²) in [6.07, 6.45) is -1.43. The van der Waals surface area contributed by atoms with Gasteiger partial charge in [-0.3, -0.25) is 9.59 Å². The largest absolute Gasteiger partial charge is 0.480 e. The molecule has 25 heavy (non-hydrogen) atoms. The molecule has 0 unspecified atom stereocenters. The molecular weight excluding hydrogens is 562 g/mol.